The Kier molecular flexibility index (Phi) is 3.84. The highest BCUT2D eigenvalue weighted by Gasteiger charge is 2.04. The van der Waals surface area contributed by atoms with Crippen molar-refractivity contribution in [3.05, 3.63) is 35.9 Å². The van der Waals surface area contributed by atoms with Crippen molar-refractivity contribution in [3.63, 3.8) is 0 Å². The van der Waals surface area contributed by atoms with E-state index in [2.05, 4.69) is 29.2 Å². The van der Waals surface area contributed by atoms with Gasteiger partial charge in [-0.25, -0.2) is 0 Å². The third kappa shape index (κ3) is 2.50. The molecule has 0 aliphatic rings. The fourth-order valence-corrected chi connectivity index (χ4v) is 1.76. The molecule has 0 fully saturated rings. The summed E-state index contributed by atoms with van der Waals surface area (Å²) in [4.78, 5) is 0. The number of rotatable bonds is 3. The minimum absolute atomic E-state index is 0.210. The molecule has 1 rings (SSSR count). The molecule has 0 amide bonds. The largest absolute Gasteiger partial charge is 0.508 e. The first-order chi connectivity index (χ1) is 6.19. The van der Waals surface area contributed by atoms with E-state index < -0.39 is 0 Å². The normalized spacial score (nSPS) is 9.92. The van der Waals surface area contributed by atoms with Crippen LogP contribution in [-0.2, 0) is 10.8 Å². The van der Waals surface area contributed by atoms with E-state index in [1.54, 1.807) is 6.07 Å². The molecule has 1 nitrogen and oxygen atoms in total. The van der Waals surface area contributed by atoms with Crippen molar-refractivity contribution in [1.29, 1.82) is 0 Å². The summed E-state index contributed by atoms with van der Waals surface area (Å²) in [5.41, 5.74) is 2.43. The highest BCUT2D eigenvalue weighted by atomic mass is 127. The zero-order valence-electron chi connectivity index (χ0n) is 7.26. The molecule has 0 saturated heterocycles. The van der Waals surface area contributed by atoms with E-state index in [0.29, 0.717) is 5.46 Å². The van der Waals surface area contributed by atoms with Crippen LogP contribution in [0.5, 0.6) is 5.75 Å². The van der Waals surface area contributed by atoms with Crippen molar-refractivity contribution >= 4 is 35.9 Å². The predicted molar refractivity (Wildman–Crippen MR) is 65.1 cm³/mol. The SMILES string of the molecule is [B]c1cc(CC=C)cc(CI)c1O. The van der Waals surface area contributed by atoms with E-state index in [1.807, 2.05) is 12.1 Å². The third-order valence-electron chi connectivity index (χ3n) is 1.80. The molecular weight excluding hydrogens is 274 g/mol. The maximum absolute atomic E-state index is 9.53. The van der Waals surface area contributed by atoms with Crippen molar-refractivity contribution in [2.75, 3.05) is 0 Å². The molecule has 0 spiro atoms. The summed E-state index contributed by atoms with van der Waals surface area (Å²) in [5, 5.41) is 9.53. The number of benzene rings is 1. The number of allylic oxidation sites excluding steroid dienone is 1. The van der Waals surface area contributed by atoms with Gasteiger partial charge in [0.05, 0.1) is 0 Å². The quantitative estimate of drug-likeness (QED) is 0.389. The molecule has 3 heteroatoms. The van der Waals surface area contributed by atoms with E-state index in [-0.39, 0.29) is 5.75 Å². The van der Waals surface area contributed by atoms with Gasteiger partial charge in [0.25, 0.3) is 0 Å². The molecule has 1 aromatic carbocycles. The molecule has 0 aliphatic carbocycles. The van der Waals surface area contributed by atoms with E-state index in [4.69, 9.17) is 7.85 Å². The van der Waals surface area contributed by atoms with Crippen LogP contribution in [0.1, 0.15) is 11.1 Å². The van der Waals surface area contributed by atoms with Crippen LogP contribution in [0.4, 0.5) is 0 Å². The van der Waals surface area contributed by atoms with E-state index in [9.17, 15) is 5.11 Å². The molecule has 0 saturated carbocycles. The number of alkyl halides is 1. The van der Waals surface area contributed by atoms with Crippen molar-refractivity contribution < 1.29 is 5.11 Å². The minimum Gasteiger partial charge on any atom is -0.508 e. The number of phenolic OH excluding ortho intramolecular Hbond substituents is 1. The van der Waals surface area contributed by atoms with Gasteiger partial charge in [0.1, 0.15) is 13.6 Å². The molecule has 0 aliphatic heterocycles. The van der Waals surface area contributed by atoms with Gasteiger partial charge in [0, 0.05) is 9.99 Å². The standard InChI is InChI=1S/C10H10BIO/c1-2-3-7-4-8(6-12)10(13)9(11)5-7/h2,4-5,13H,1,3,6H2. The minimum atomic E-state index is 0.210. The molecule has 0 aromatic heterocycles. The van der Waals surface area contributed by atoms with Crippen LogP contribution in [0.2, 0.25) is 0 Å². The van der Waals surface area contributed by atoms with Gasteiger partial charge in [0.2, 0.25) is 0 Å². The first-order valence-corrected chi connectivity index (χ1v) is 5.48. The first-order valence-electron chi connectivity index (χ1n) is 3.96. The van der Waals surface area contributed by atoms with Crippen molar-refractivity contribution in [2.45, 2.75) is 10.8 Å². The lowest BCUT2D eigenvalue weighted by Gasteiger charge is -2.07. The highest BCUT2D eigenvalue weighted by Crippen LogP contribution is 2.19. The van der Waals surface area contributed by atoms with Crippen LogP contribution in [0, 0.1) is 0 Å². The Labute approximate surface area is 93.4 Å². The molecule has 0 bridgehead atoms. The molecular formula is C10H10BIO. The average Bonchev–Trinajstić information content (AvgIpc) is 2.11. The maximum Gasteiger partial charge on any atom is 0.119 e. The number of halogens is 1. The second-order valence-electron chi connectivity index (χ2n) is 2.82. The van der Waals surface area contributed by atoms with Gasteiger partial charge in [-0.15, -0.1) is 6.58 Å². The Morgan fingerprint density at radius 3 is 2.77 bits per heavy atom. The van der Waals surface area contributed by atoms with Gasteiger partial charge in [0.15, 0.2) is 0 Å². The summed E-state index contributed by atoms with van der Waals surface area (Å²) in [6.45, 7) is 3.66. The average molecular weight is 284 g/mol. The summed E-state index contributed by atoms with van der Waals surface area (Å²) in [5.74, 6) is 0.210. The van der Waals surface area contributed by atoms with E-state index >= 15 is 0 Å². The second kappa shape index (κ2) is 4.70. The molecule has 66 valence electrons. The van der Waals surface area contributed by atoms with Crippen LogP contribution < -0.4 is 5.46 Å². The van der Waals surface area contributed by atoms with Crippen molar-refractivity contribution in [2.24, 2.45) is 0 Å². The molecule has 0 unspecified atom stereocenters. The third-order valence-corrected chi connectivity index (χ3v) is 2.62. The van der Waals surface area contributed by atoms with Crippen LogP contribution in [0.15, 0.2) is 24.8 Å². The summed E-state index contributed by atoms with van der Waals surface area (Å²) in [6, 6.07) is 3.74. The summed E-state index contributed by atoms with van der Waals surface area (Å²) in [7, 11) is 5.64. The predicted octanol–water partition coefficient (Wildman–Crippen LogP) is 1.85. The second-order valence-corrected chi connectivity index (χ2v) is 3.58. The van der Waals surface area contributed by atoms with E-state index in [1.165, 1.54) is 0 Å². The van der Waals surface area contributed by atoms with Gasteiger partial charge in [-0.1, -0.05) is 46.3 Å². The number of hydrogen-bond donors (Lipinski definition) is 1. The van der Waals surface area contributed by atoms with Crippen LogP contribution in [-0.4, -0.2) is 13.0 Å². The van der Waals surface area contributed by atoms with Gasteiger partial charge in [-0.3, -0.25) is 0 Å². The molecule has 0 heterocycles. The Hall–Kier alpha value is -0.445. The number of aromatic hydroxyl groups is 1. The Balaban J connectivity index is 3.13. The molecule has 1 aromatic rings. The maximum atomic E-state index is 9.53. The van der Waals surface area contributed by atoms with Crippen molar-refractivity contribution in [3.8, 4) is 5.75 Å². The Morgan fingerprint density at radius 1 is 1.54 bits per heavy atom. The topological polar surface area (TPSA) is 20.2 Å². The van der Waals surface area contributed by atoms with Crippen LogP contribution >= 0.6 is 22.6 Å². The van der Waals surface area contributed by atoms with E-state index in [0.717, 1.165) is 22.0 Å². The summed E-state index contributed by atoms with van der Waals surface area (Å²) >= 11 is 2.20. The lowest BCUT2D eigenvalue weighted by molar-refractivity contribution is 0.475. The summed E-state index contributed by atoms with van der Waals surface area (Å²) < 4.78 is 0.763. The Bertz CT molecular complexity index is 323. The highest BCUT2D eigenvalue weighted by molar-refractivity contribution is 14.1. The van der Waals surface area contributed by atoms with Crippen LogP contribution in [0.3, 0.4) is 0 Å². The lowest BCUT2D eigenvalue weighted by Crippen LogP contribution is -2.06. The zero-order valence-corrected chi connectivity index (χ0v) is 9.41. The molecule has 2 radical (unpaired) electrons. The smallest absolute Gasteiger partial charge is 0.119 e. The molecule has 1 N–H and O–H groups in total. The van der Waals surface area contributed by atoms with Crippen molar-refractivity contribution in [1.82, 2.24) is 0 Å². The van der Waals surface area contributed by atoms with Gasteiger partial charge < -0.3 is 5.11 Å². The number of hydrogen-bond acceptors (Lipinski definition) is 1. The lowest BCUT2D eigenvalue weighted by atomic mass is 9.90. The monoisotopic (exact) mass is 284 g/mol. The Morgan fingerprint density at radius 2 is 2.23 bits per heavy atom. The number of phenols is 1. The van der Waals surface area contributed by atoms with Crippen LogP contribution in [0.25, 0.3) is 0 Å². The van der Waals surface area contributed by atoms with Gasteiger partial charge in [-0.05, 0) is 12.0 Å². The summed E-state index contributed by atoms with van der Waals surface area (Å²) in [6.07, 6.45) is 2.61. The molecule has 0 atom stereocenters. The van der Waals surface area contributed by atoms with Gasteiger partial charge >= 0.3 is 0 Å². The fraction of sp³-hybridized carbons (Fsp3) is 0.200. The first kappa shape index (κ1) is 10.6. The van der Waals surface area contributed by atoms with Gasteiger partial charge in [-0.2, -0.15) is 0 Å². The zero-order chi connectivity index (χ0) is 9.84. The molecule has 13 heavy (non-hydrogen) atoms. The fourth-order valence-electron chi connectivity index (χ4n) is 1.17.